The molecule has 1 aromatic heterocycles. The summed E-state index contributed by atoms with van der Waals surface area (Å²) in [6, 6.07) is 4.28. The van der Waals surface area contributed by atoms with Gasteiger partial charge in [0.2, 0.25) is 5.91 Å². The van der Waals surface area contributed by atoms with Crippen LogP contribution in [0.2, 0.25) is 0 Å². The van der Waals surface area contributed by atoms with Crippen molar-refractivity contribution in [1.82, 2.24) is 4.98 Å². The van der Waals surface area contributed by atoms with E-state index < -0.39 is 6.04 Å². The molecule has 0 spiro atoms. The predicted octanol–water partition coefficient (Wildman–Crippen LogP) is 0.110. The van der Waals surface area contributed by atoms with Crippen LogP contribution in [-0.4, -0.2) is 35.7 Å². The summed E-state index contributed by atoms with van der Waals surface area (Å²) in [6.45, 7) is -0.381. The Morgan fingerprint density at radius 1 is 1.65 bits per heavy atom. The van der Waals surface area contributed by atoms with Crippen LogP contribution in [-0.2, 0) is 4.79 Å². The first-order valence-corrected chi connectivity index (χ1v) is 5.10. The molecule has 0 radical (unpaired) electrons. The molecule has 1 unspecified atom stereocenters. The normalized spacial score (nSPS) is 12.6. The molecule has 6 nitrogen and oxygen atoms in total. The number of benzene rings is 1. The number of amides is 1. The monoisotopic (exact) mass is 235 g/mol. The average Bonchev–Trinajstić information content (AvgIpc) is 2.83. The van der Waals surface area contributed by atoms with Crippen molar-refractivity contribution in [1.29, 1.82) is 0 Å². The molecule has 90 valence electrons. The summed E-state index contributed by atoms with van der Waals surface area (Å²) in [6.07, 6.45) is 1.34. The summed E-state index contributed by atoms with van der Waals surface area (Å²) >= 11 is 0. The van der Waals surface area contributed by atoms with Crippen molar-refractivity contribution in [3.8, 4) is 0 Å². The van der Waals surface area contributed by atoms with Gasteiger partial charge in [-0.25, -0.2) is 4.98 Å². The van der Waals surface area contributed by atoms with Crippen LogP contribution in [0.25, 0.3) is 11.1 Å². The number of oxazole rings is 1. The number of nitrogens with zero attached hydrogens (tertiary/aromatic N) is 2. The maximum atomic E-state index is 11.7. The zero-order valence-electron chi connectivity index (χ0n) is 9.33. The number of aliphatic hydroxyl groups is 1. The van der Waals surface area contributed by atoms with Gasteiger partial charge in [-0.1, -0.05) is 0 Å². The van der Waals surface area contributed by atoms with Gasteiger partial charge >= 0.3 is 0 Å². The minimum Gasteiger partial charge on any atom is -0.443 e. The van der Waals surface area contributed by atoms with Gasteiger partial charge < -0.3 is 20.2 Å². The quantitative estimate of drug-likeness (QED) is 0.787. The summed E-state index contributed by atoms with van der Waals surface area (Å²) < 4.78 is 5.15. The number of hydrogen-bond acceptors (Lipinski definition) is 5. The van der Waals surface area contributed by atoms with Crippen LogP contribution >= 0.6 is 0 Å². The molecule has 17 heavy (non-hydrogen) atoms. The SMILES string of the molecule is CN(C(=O)C(N)CO)c1ccc2ncoc2c1. The third-order valence-electron chi connectivity index (χ3n) is 2.55. The summed E-state index contributed by atoms with van der Waals surface area (Å²) in [5, 5.41) is 8.84. The Morgan fingerprint density at radius 3 is 3.12 bits per heavy atom. The molecule has 0 saturated heterocycles. The van der Waals surface area contributed by atoms with Gasteiger partial charge in [-0.05, 0) is 12.1 Å². The highest BCUT2D eigenvalue weighted by Crippen LogP contribution is 2.20. The smallest absolute Gasteiger partial charge is 0.246 e. The third-order valence-corrected chi connectivity index (χ3v) is 2.55. The van der Waals surface area contributed by atoms with E-state index in [1.165, 1.54) is 11.3 Å². The Labute approximate surface area is 97.6 Å². The van der Waals surface area contributed by atoms with Gasteiger partial charge in [0.25, 0.3) is 0 Å². The fourth-order valence-corrected chi connectivity index (χ4v) is 1.51. The lowest BCUT2D eigenvalue weighted by atomic mass is 10.2. The summed E-state index contributed by atoms with van der Waals surface area (Å²) in [5.41, 5.74) is 7.43. The number of carbonyl (C=O) groups is 1. The van der Waals surface area contributed by atoms with Crippen LogP contribution in [0, 0.1) is 0 Å². The van der Waals surface area contributed by atoms with Crippen molar-refractivity contribution in [3.63, 3.8) is 0 Å². The minimum atomic E-state index is -0.912. The van der Waals surface area contributed by atoms with Gasteiger partial charge in [0.15, 0.2) is 12.0 Å². The molecule has 0 aliphatic rings. The molecule has 1 amide bonds. The van der Waals surface area contributed by atoms with E-state index in [1.807, 2.05) is 0 Å². The molecule has 1 heterocycles. The van der Waals surface area contributed by atoms with Crippen molar-refractivity contribution in [3.05, 3.63) is 24.6 Å². The van der Waals surface area contributed by atoms with E-state index in [2.05, 4.69) is 4.98 Å². The van der Waals surface area contributed by atoms with Gasteiger partial charge in [0.05, 0.1) is 6.61 Å². The number of carbonyl (C=O) groups excluding carboxylic acids is 1. The number of aliphatic hydroxyl groups excluding tert-OH is 1. The van der Waals surface area contributed by atoms with Gasteiger partial charge in [-0.2, -0.15) is 0 Å². The number of fused-ring (bicyclic) bond motifs is 1. The standard InChI is InChI=1S/C11H13N3O3/c1-14(11(16)8(12)5-15)7-2-3-9-10(4-7)17-6-13-9/h2-4,6,8,15H,5,12H2,1H3. The van der Waals surface area contributed by atoms with Crippen LogP contribution in [0.3, 0.4) is 0 Å². The zero-order valence-corrected chi connectivity index (χ0v) is 9.33. The van der Waals surface area contributed by atoms with Crippen molar-refractivity contribution in [2.45, 2.75) is 6.04 Å². The molecule has 2 rings (SSSR count). The first kappa shape index (κ1) is 11.6. The summed E-state index contributed by atoms with van der Waals surface area (Å²) in [7, 11) is 1.59. The summed E-state index contributed by atoms with van der Waals surface area (Å²) in [4.78, 5) is 17.1. The average molecular weight is 235 g/mol. The fraction of sp³-hybridized carbons (Fsp3) is 0.273. The number of hydrogen-bond donors (Lipinski definition) is 2. The molecule has 0 aliphatic heterocycles. The first-order chi connectivity index (χ1) is 8.13. The molecule has 6 heteroatoms. The lowest BCUT2D eigenvalue weighted by Gasteiger charge is -2.20. The predicted molar refractivity (Wildman–Crippen MR) is 62.5 cm³/mol. The van der Waals surface area contributed by atoms with E-state index in [0.717, 1.165) is 5.52 Å². The maximum Gasteiger partial charge on any atom is 0.246 e. The second kappa shape index (κ2) is 4.52. The molecule has 0 fully saturated rings. The van der Waals surface area contributed by atoms with Crippen molar-refractivity contribution in [2.24, 2.45) is 5.73 Å². The van der Waals surface area contributed by atoms with Gasteiger partial charge in [-0.3, -0.25) is 4.79 Å². The van der Waals surface area contributed by atoms with Gasteiger partial charge in [0.1, 0.15) is 11.6 Å². The molecule has 1 aromatic carbocycles. The third kappa shape index (κ3) is 2.13. The lowest BCUT2D eigenvalue weighted by Crippen LogP contribution is -2.44. The van der Waals surface area contributed by atoms with E-state index >= 15 is 0 Å². The van der Waals surface area contributed by atoms with Crippen LogP contribution in [0.1, 0.15) is 0 Å². The second-order valence-corrected chi connectivity index (χ2v) is 3.69. The number of aromatic nitrogens is 1. The van der Waals surface area contributed by atoms with Crippen molar-refractivity contribution < 1.29 is 14.3 Å². The highest BCUT2D eigenvalue weighted by Gasteiger charge is 2.18. The van der Waals surface area contributed by atoms with E-state index in [4.69, 9.17) is 15.3 Å². The number of likely N-dealkylation sites (N-methyl/N-ethyl adjacent to an activating group) is 1. The topological polar surface area (TPSA) is 92.6 Å². The van der Waals surface area contributed by atoms with Crippen LogP contribution in [0.4, 0.5) is 5.69 Å². The van der Waals surface area contributed by atoms with Crippen LogP contribution in [0.5, 0.6) is 0 Å². The number of rotatable bonds is 3. The molecular weight excluding hydrogens is 222 g/mol. The Morgan fingerprint density at radius 2 is 2.41 bits per heavy atom. The molecule has 3 N–H and O–H groups in total. The maximum absolute atomic E-state index is 11.7. The van der Waals surface area contributed by atoms with E-state index in [0.29, 0.717) is 11.3 Å². The molecular formula is C11H13N3O3. The molecule has 2 aromatic rings. The Balaban J connectivity index is 2.29. The summed E-state index contributed by atoms with van der Waals surface area (Å²) in [5.74, 6) is -0.355. The lowest BCUT2D eigenvalue weighted by molar-refractivity contribution is -0.120. The largest absolute Gasteiger partial charge is 0.443 e. The highest BCUT2D eigenvalue weighted by atomic mass is 16.3. The molecule has 0 aliphatic carbocycles. The van der Waals surface area contributed by atoms with Crippen molar-refractivity contribution in [2.75, 3.05) is 18.6 Å². The highest BCUT2D eigenvalue weighted by molar-refractivity contribution is 5.97. The van der Waals surface area contributed by atoms with E-state index in [9.17, 15) is 4.79 Å². The fourth-order valence-electron chi connectivity index (χ4n) is 1.51. The Kier molecular flexibility index (Phi) is 3.08. The van der Waals surface area contributed by atoms with Crippen LogP contribution < -0.4 is 10.6 Å². The molecule has 0 saturated carbocycles. The molecule has 1 atom stereocenters. The minimum absolute atomic E-state index is 0.355. The van der Waals surface area contributed by atoms with E-state index in [-0.39, 0.29) is 12.5 Å². The number of anilines is 1. The molecule has 0 bridgehead atoms. The second-order valence-electron chi connectivity index (χ2n) is 3.69. The van der Waals surface area contributed by atoms with Gasteiger partial charge in [-0.15, -0.1) is 0 Å². The Bertz CT molecular complexity index is 537. The van der Waals surface area contributed by atoms with Crippen molar-refractivity contribution >= 4 is 22.7 Å². The first-order valence-electron chi connectivity index (χ1n) is 5.10. The Hall–Kier alpha value is -1.92. The zero-order chi connectivity index (χ0) is 12.4. The number of nitrogens with two attached hydrogens (primary N) is 1. The van der Waals surface area contributed by atoms with Gasteiger partial charge in [0, 0.05) is 18.8 Å². The van der Waals surface area contributed by atoms with E-state index in [1.54, 1.807) is 25.2 Å². The van der Waals surface area contributed by atoms with Crippen LogP contribution in [0.15, 0.2) is 29.0 Å².